The van der Waals surface area contributed by atoms with Crippen LogP contribution < -0.4 is 0 Å². The molecule has 0 radical (unpaired) electrons. The molecule has 0 aromatic heterocycles. The molecule has 0 aliphatic carbocycles. The first kappa shape index (κ1) is 33.6. The molecule has 234 valence electrons. The van der Waals surface area contributed by atoms with Crippen LogP contribution in [0.4, 0.5) is 0 Å². The number of aromatic hydroxyl groups is 1. The van der Waals surface area contributed by atoms with Gasteiger partial charge in [0.2, 0.25) is 0 Å². The Morgan fingerprint density at radius 2 is 0.750 bits per heavy atom. The normalized spacial score (nSPS) is 12.2. The Hall–Kier alpha value is -3.32. The van der Waals surface area contributed by atoms with E-state index in [0.29, 0.717) is 41.3 Å². The van der Waals surface area contributed by atoms with E-state index in [1.54, 1.807) is 0 Å². The molecule has 0 aliphatic rings. The molecule has 0 atom stereocenters. The van der Waals surface area contributed by atoms with Crippen molar-refractivity contribution in [1.29, 1.82) is 0 Å². The lowest BCUT2D eigenvalue weighted by Gasteiger charge is -2.25. The second kappa shape index (κ2) is 13.4. The minimum Gasteiger partial charge on any atom is -0.507 e. The summed E-state index contributed by atoms with van der Waals surface area (Å²) in [6, 6.07) is 22.8. The molecule has 0 saturated heterocycles. The first-order chi connectivity index (χ1) is 20.6. The van der Waals surface area contributed by atoms with Gasteiger partial charge >= 0.3 is 0 Å². The van der Waals surface area contributed by atoms with E-state index in [1.165, 1.54) is 61.2 Å². The molecule has 0 saturated carbocycles. The van der Waals surface area contributed by atoms with Gasteiger partial charge in [0.15, 0.2) is 0 Å². The zero-order valence-corrected chi connectivity index (χ0v) is 29.7. The molecule has 1 N–H and O–H groups in total. The lowest BCUT2D eigenvalue weighted by molar-refractivity contribution is 0.477. The highest BCUT2D eigenvalue weighted by Crippen LogP contribution is 2.44. The molecular formula is C43H56O. The Kier molecular flexibility index (Phi) is 10.2. The van der Waals surface area contributed by atoms with Gasteiger partial charge < -0.3 is 5.11 Å². The van der Waals surface area contributed by atoms with E-state index in [0.717, 1.165) is 11.1 Å². The van der Waals surface area contributed by atoms with E-state index < -0.39 is 0 Å². The molecule has 0 unspecified atom stereocenters. The standard InChI is InChI=1S/C43H56O/c1-24(2)33-20-35(26(5)6)42(36(21-33)27(7)8)31-15-14-30(13)39(18-31)40-19-32(16-17-41(40)44)43-37(28(9)10)22-34(25(3)4)23-38(43)29(11)12/h14-29,44H,1-13H3. The third-order valence-corrected chi connectivity index (χ3v) is 9.37. The molecule has 4 rings (SSSR count). The summed E-state index contributed by atoms with van der Waals surface area (Å²) in [7, 11) is 0. The van der Waals surface area contributed by atoms with Gasteiger partial charge in [0.1, 0.15) is 5.75 Å². The van der Waals surface area contributed by atoms with Crippen LogP contribution in [-0.4, -0.2) is 5.11 Å². The lowest BCUT2D eigenvalue weighted by Crippen LogP contribution is -2.04. The summed E-state index contributed by atoms with van der Waals surface area (Å²) < 4.78 is 0. The van der Waals surface area contributed by atoms with Crippen molar-refractivity contribution in [1.82, 2.24) is 0 Å². The molecule has 0 amide bonds. The average molecular weight is 589 g/mol. The van der Waals surface area contributed by atoms with Gasteiger partial charge in [-0.25, -0.2) is 0 Å². The monoisotopic (exact) mass is 588 g/mol. The van der Waals surface area contributed by atoms with Gasteiger partial charge in [-0.05, 0) is 127 Å². The molecule has 44 heavy (non-hydrogen) atoms. The van der Waals surface area contributed by atoms with Crippen LogP contribution in [0.1, 0.15) is 158 Å². The fraction of sp³-hybridized carbons (Fsp3) is 0.442. The summed E-state index contributed by atoms with van der Waals surface area (Å²) in [6.45, 7) is 29.7. The van der Waals surface area contributed by atoms with E-state index in [-0.39, 0.29) is 0 Å². The van der Waals surface area contributed by atoms with E-state index in [9.17, 15) is 5.11 Å². The number of benzene rings is 4. The highest BCUT2D eigenvalue weighted by Gasteiger charge is 2.22. The fourth-order valence-corrected chi connectivity index (χ4v) is 6.55. The number of phenolic OH excluding ortho intramolecular Hbond substituents is 1. The molecular weight excluding hydrogens is 532 g/mol. The van der Waals surface area contributed by atoms with Crippen LogP contribution in [0.15, 0.2) is 60.7 Å². The number of phenols is 1. The highest BCUT2D eigenvalue weighted by molar-refractivity contribution is 5.85. The third-order valence-electron chi connectivity index (χ3n) is 9.37. The molecule has 0 aliphatic heterocycles. The molecule has 1 heteroatoms. The van der Waals surface area contributed by atoms with Crippen molar-refractivity contribution in [3.8, 4) is 39.1 Å². The minimum atomic E-state index is 0.327. The van der Waals surface area contributed by atoms with Gasteiger partial charge in [0, 0.05) is 5.56 Å². The van der Waals surface area contributed by atoms with E-state index in [2.05, 4.69) is 145 Å². The third kappa shape index (κ3) is 6.68. The van der Waals surface area contributed by atoms with Crippen LogP contribution in [0.25, 0.3) is 33.4 Å². The Balaban J connectivity index is 2.00. The molecule has 0 spiro atoms. The predicted molar refractivity (Wildman–Crippen MR) is 194 cm³/mol. The maximum atomic E-state index is 11.4. The summed E-state index contributed by atoms with van der Waals surface area (Å²) in [4.78, 5) is 0. The molecule has 1 nitrogen and oxygen atoms in total. The quantitative estimate of drug-likeness (QED) is 0.206. The summed E-state index contributed by atoms with van der Waals surface area (Å²) in [5.74, 6) is 2.87. The Labute approximate surface area is 268 Å². The number of hydrogen-bond acceptors (Lipinski definition) is 1. The maximum Gasteiger partial charge on any atom is 0.123 e. The topological polar surface area (TPSA) is 20.2 Å². The van der Waals surface area contributed by atoms with Gasteiger partial charge in [0.05, 0.1) is 0 Å². The molecule has 0 fully saturated rings. The minimum absolute atomic E-state index is 0.327. The van der Waals surface area contributed by atoms with Crippen molar-refractivity contribution in [2.45, 2.75) is 126 Å². The highest BCUT2D eigenvalue weighted by atomic mass is 16.3. The van der Waals surface area contributed by atoms with Gasteiger partial charge in [-0.2, -0.15) is 0 Å². The summed E-state index contributed by atoms with van der Waals surface area (Å²) in [6.07, 6.45) is 0. The molecule has 0 bridgehead atoms. The van der Waals surface area contributed by atoms with Gasteiger partial charge in [-0.15, -0.1) is 0 Å². The van der Waals surface area contributed by atoms with E-state index in [4.69, 9.17) is 0 Å². The Bertz CT molecular complexity index is 1450. The van der Waals surface area contributed by atoms with Crippen LogP contribution >= 0.6 is 0 Å². The van der Waals surface area contributed by atoms with Gasteiger partial charge in [-0.1, -0.05) is 126 Å². The van der Waals surface area contributed by atoms with Crippen LogP contribution in [-0.2, 0) is 0 Å². The zero-order valence-electron chi connectivity index (χ0n) is 29.7. The second-order valence-corrected chi connectivity index (χ2v) is 14.8. The molecule has 4 aromatic rings. The fourth-order valence-electron chi connectivity index (χ4n) is 6.55. The summed E-state index contributed by atoms with van der Waals surface area (Å²) in [5, 5.41) is 11.4. The Morgan fingerprint density at radius 3 is 1.09 bits per heavy atom. The summed E-state index contributed by atoms with van der Waals surface area (Å²) >= 11 is 0. The van der Waals surface area contributed by atoms with Gasteiger partial charge in [0.25, 0.3) is 0 Å². The van der Waals surface area contributed by atoms with E-state index in [1.807, 2.05) is 6.07 Å². The number of hydrogen-bond donors (Lipinski definition) is 1. The van der Waals surface area contributed by atoms with E-state index >= 15 is 0 Å². The average Bonchev–Trinajstić information content (AvgIpc) is 2.96. The van der Waals surface area contributed by atoms with Crippen LogP contribution in [0, 0.1) is 6.92 Å². The second-order valence-electron chi connectivity index (χ2n) is 14.8. The largest absolute Gasteiger partial charge is 0.507 e. The van der Waals surface area contributed by atoms with Crippen molar-refractivity contribution < 1.29 is 5.11 Å². The van der Waals surface area contributed by atoms with Crippen molar-refractivity contribution in [3.63, 3.8) is 0 Å². The van der Waals surface area contributed by atoms with Crippen molar-refractivity contribution in [3.05, 3.63) is 99.6 Å². The molecule has 4 aromatic carbocycles. The van der Waals surface area contributed by atoms with Crippen molar-refractivity contribution >= 4 is 0 Å². The predicted octanol–water partition coefficient (Wildman–Crippen LogP) is 13.4. The SMILES string of the molecule is Cc1ccc(-c2c(C(C)C)cc(C(C)C)cc2C(C)C)cc1-c1cc(-c2c(C(C)C)cc(C(C)C)cc2C(C)C)ccc1O. The number of aryl methyl sites for hydroxylation is 1. The first-order valence-corrected chi connectivity index (χ1v) is 16.9. The first-order valence-electron chi connectivity index (χ1n) is 16.9. The van der Waals surface area contributed by atoms with Crippen LogP contribution in [0.5, 0.6) is 5.75 Å². The number of rotatable bonds is 9. The van der Waals surface area contributed by atoms with Crippen LogP contribution in [0.3, 0.4) is 0 Å². The zero-order chi connectivity index (χ0) is 32.6. The smallest absolute Gasteiger partial charge is 0.123 e. The lowest BCUT2D eigenvalue weighted by atomic mass is 9.80. The van der Waals surface area contributed by atoms with Crippen LogP contribution in [0.2, 0.25) is 0 Å². The van der Waals surface area contributed by atoms with Crippen molar-refractivity contribution in [2.24, 2.45) is 0 Å². The molecule has 0 heterocycles. The summed E-state index contributed by atoms with van der Waals surface area (Å²) in [5.41, 5.74) is 16.6. The van der Waals surface area contributed by atoms with Crippen molar-refractivity contribution in [2.75, 3.05) is 0 Å². The Morgan fingerprint density at radius 1 is 0.409 bits per heavy atom. The maximum absolute atomic E-state index is 11.4. The van der Waals surface area contributed by atoms with Gasteiger partial charge in [-0.3, -0.25) is 0 Å².